The summed E-state index contributed by atoms with van der Waals surface area (Å²) in [6.45, 7) is 2.15. The number of hydrogen-bond donors (Lipinski definition) is 0. The average molecular weight is 276 g/mol. The molecule has 0 saturated heterocycles. The maximum Gasteiger partial charge on any atom is 0.163 e. The molecule has 3 rings (SSSR count). The lowest BCUT2D eigenvalue weighted by molar-refractivity contribution is 0.0972. The van der Waals surface area contributed by atoms with E-state index >= 15 is 0 Å². The number of hydrogen-bond acceptors (Lipinski definition) is 1. The molecule has 1 aliphatic carbocycles. The standard InChI is InChI=1S/C20H20O/c1-2-16(14-15-8-4-3-5-9-15)18-12-6-10-17-11-7-13-19(21)20(17)18/h3-6,8-10,12,14H,2,7,11,13H2,1H3/b16-14+. The second-order valence-electron chi connectivity index (χ2n) is 5.55. The normalized spacial score (nSPS) is 14.9. The Hall–Kier alpha value is -2.15. The van der Waals surface area contributed by atoms with Gasteiger partial charge < -0.3 is 0 Å². The highest BCUT2D eigenvalue weighted by Crippen LogP contribution is 2.31. The molecule has 0 radical (unpaired) electrons. The van der Waals surface area contributed by atoms with Gasteiger partial charge in [0, 0.05) is 12.0 Å². The smallest absolute Gasteiger partial charge is 0.163 e. The summed E-state index contributed by atoms with van der Waals surface area (Å²) in [5.74, 6) is 0.305. The van der Waals surface area contributed by atoms with Gasteiger partial charge in [-0.2, -0.15) is 0 Å². The van der Waals surface area contributed by atoms with Crippen LogP contribution >= 0.6 is 0 Å². The van der Waals surface area contributed by atoms with Crippen molar-refractivity contribution in [3.05, 3.63) is 70.8 Å². The second kappa shape index (κ2) is 6.09. The number of benzene rings is 2. The third-order valence-electron chi connectivity index (χ3n) is 4.15. The summed E-state index contributed by atoms with van der Waals surface area (Å²) in [5.41, 5.74) is 5.75. The van der Waals surface area contributed by atoms with Crippen LogP contribution in [0.1, 0.15) is 53.2 Å². The molecule has 1 nitrogen and oxygen atoms in total. The molecule has 0 unspecified atom stereocenters. The van der Waals surface area contributed by atoms with Crippen molar-refractivity contribution in [3.8, 4) is 0 Å². The molecule has 1 heteroatoms. The molecular weight excluding hydrogens is 256 g/mol. The van der Waals surface area contributed by atoms with Gasteiger partial charge in [-0.3, -0.25) is 4.79 Å². The fourth-order valence-corrected chi connectivity index (χ4v) is 3.09. The highest BCUT2D eigenvalue weighted by Gasteiger charge is 2.21. The van der Waals surface area contributed by atoms with Gasteiger partial charge in [-0.25, -0.2) is 0 Å². The van der Waals surface area contributed by atoms with Gasteiger partial charge in [0.1, 0.15) is 0 Å². The van der Waals surface area contributed by atoms with Crippen LogP contribution in [0.4, 0.5) is 0 Å². The summed E-state index contributed by atoms with van der Waals surface area (Å²) >= 11 is 0. The first-order chi connectivity index (χ1) is 10.3. The molecule has 0 aliphatic heterocycles. The first-order valence-electron chi connectivity index (χ1n) is 7.70. The summed E-state index contributed by atoms with van der Waals surface area (Å²) < 4.78 is 0. The number of rotatable bonds is 3. The molecule has 0 aromatic heterocycles. The van der Waals surface area contributed by atoms with E-state index < -0.39 is 0 Å². The largest absolute Gasteiger partial charge is 0.294 e. The van der Waals surface area contributed by atoms with Gasteiger partial charge in [0.2, 0.25) is 0 Å². The van der Waals surface area contributed by atoms with Crippen molar-refractivity contribution < 1.29 is 4.79 Å². The van der Waals surface area contributed by atoms with Crippen LogP contribution in [0, 0.1) is 0 Å². The molecule has 21 heavy (non-hydrogen) atoms. The zero-order valence-electron chi connectivity index (χ0n) is 12.4. The molecule has 1 aliphatic rings. The average Bonchev–Trinajstić information content (AvgIpc) is 2.53. The lowest BCUT2D eigenvalue weighted by Gasteiger charge is -2.19. The van der Waals surface area contributed by atoms with Crippen LogP contribution < -0.4 is 0 Å². The lowest BCUT2D eigenvalue weighted by atomic mass is 9.84. The molecule has 0 fully saturated rings. The third kappa shape index (κ3) is 2.82. The van der Waals surface area contributed by atoms with Crippen LogP contribution in [0.2, 0.25) is 0 Å². The zero-order valence-corrected chi connectivity index (χ0v) is 12.4. The topological polar surface area (TPSA) is 17.1 Å². The highest BCUT2D eigenvalue weighted by molar-refractivity contribution is 6.04. The van der Waals surface area contributed by atoms with Gasteiger partial charge in [-0.15, -0.1) is 0 Å². The fourth-order valence-electron chi connectivity index (χ4n) is 3.09. The Morgan fingerprint density at radius 2 is 1.86 bits per heavy atom. The number of fused-ring (bicyclic) bond motifs is 1. The Kier molecular flexibility index (Phi) is 4.01. The van der Waals surface area contributed by atoms with E-state index in [1.165, 1.54) is 16.7 Å². The molecule has 0 heterocycles. The van der Waals surface area contributed by atoms with Gasteiger partial charge >= 0.3 is 0 Å². The maximum absolute atomic E-state index is 12.4. The van der Waals surface area contributed by atoms with Crippen LogP contribution in [-0.2, 0) is 6.42 Å². The molecule has 0 amide bonds. The van der Waals surface area contributed by atoms with E-state index in [2.05, 4.69) is 43.3 Å². The van der Waals surface area contributed by atoms with Crippen molar-refractivity contribution in [1.82, 2.24) is 0 Å². The van der Waals surface area contributed by atoms with E-state index in [9.17, 15) is 4.79 Å². The van der Waals surface area contributed by atoms with Crippen LogP contribution in [0.3, 0.4) is 0 Å². The Morgan fingerprint density at radius 1 is 1.05 bits per heavy atom. The highest BCUT2D eigenvalue weighted by atomic mass is 16.1. The van der Waals surface area contributed by atoms with E-state index in [4.69, 9.17) is 0 Å². The Bertz CT molecular complexity index is 680. The van der Waals surface area contributed by atoms with Crippen molar-refractivity contribution in [2.24, 2.45) is 0 Å². The molecule has 0 bridgehead atoms. The predicted octanol–water partition coefficient (Wildman–Crippen LogP) is 5.16. The Balaban J connectivity index is 2.10. The lowest BCUT2D eigenvalue weighted by Crippen LogP contribution is -2.13. The number of carbonyl (C=O) groups excluding carboxylic acids is 1. The van der Waals surface area contributed by atoms with Crippen LogP contribution in [0.5, 0.6) is 0 Å². The van der Waals surface area contributed by atoms with Crippen molar-refractivity contribution >= 4 is 17.4 Å². The number of carbonyl (C=O) groups is 1. The fraction of sp³-hybridized carbons (Fsp3) is 0.250. The monoisotopic (exact) mass is 276 g/mol. The molecule has 0 saturated carbocycles. The van der Waals surface area contributed by atoms with E-state index in [0.29, 0.717) is 12.2 Å². The molecule has 2 aromatic rings. The van der Waals surface area contributed by atoms with E-state index in [1.807, 2.05) is 18.2 Å². The van der Waals surface area contributed by atoms with Gasteiger partial charge in [-0.05, 0) is 41.5 Å². The molecular formula is C20H20O. The van der Waals surface area contributed by atoms with Gasteiger partial charge in [-0.1, -0.05) is 61.5 Å². The summed E-state index contributed by atoms with van der Waals surface area (Å²) in [6.07, 6.45) is 5.83. The molecule has 0 spiro atoms. The zero-order chi connectivity index (χ0) is 14.7. The summed E-state index contributed by atoms with van der Waals surface area (Å²) in [4.78, 5) is 12.4. The first-order valence-corrected chi connectivity index (χ1v) is 7.70. The van der Waals surface area contributed by atoms with Gasteiger partial charge in [0.25, 0.3) is 0 Å². The van der Waals surface area contributed by atoms with E-state index in [1.54, 1.807) is 0 Å². The van der Waals surface area contributed by atoms with E-state index in [-0.39, 0.29) is 0 Å². The first kappa shape index (κ1) is 13.8. The minimum atomic E-state index is 0.305. The Morgan fingerprint density at radius 3 is 2.62 bits per heavy atom. The minimum Gasteiger partial charge on any atom is -0.294 e. The van der Waals surface area contributed by atoms with Gasteiger partial charge in [0.05, 0.1) is 0 Å². The number of Topliss-reactive ketones (excluding diaryl/α,β-unsaturated/α-hetero) is 1. The second-order valence-corrected chi connectivity index (χ2v) is 5.55. The summed E-state index contributed by atoms with van der Waals surface area (Å²) in [5, 5.41) is 0. The van der Waals surface area contributed by atoms with Crippen LogP contribution in [0.15, 0.2) is 48.5 Å². The quantitative estimate of drug-likeness (QED) is 0.708. The summed E-state index contributed by atoms with van der Waals surface area (Å²) in [7, 11) is 0. The number of ketones is 1. The third-order valence-corrected chi connectivity index (χ3v) is 4.15. The molecule has 2 aromatic carbocycles. The summed E-state index contributed by atoms with van der Waals surface area (Å²) in [6, 6.07) is 16.6. The van der Waals surface area contributed by atoms with Crippen molar-refractivity contribution in [1.29, 1.82) is 0 Å². The van der Waals surface area contributed by atoms with Crippen LogP contribution in [0.25, 0.3) is 11.6 Å². The SMILES string of the molecule is CC/C(=C\c1ccccc1)c1cccc2c1C(=O)CCC2. The maximum atomic E-state index is 12.4. The molecule has 106 valence electrons. The molecule has 0 N–H and O–H groups in total. The van der Waals surface area contributed by atoms with E-state index in [0.717, 1.165) is 30.4 Å². The Labute approximate surface area is 126 Å². The number of allylic oxidation sites excluding steroid dienone is 1. The predicted molar refractivity (Wildman–Crippen MR) is 88.3 cm³/mol. The number of aryl methyl sites for hydroxylation is 1. The molecule has 0 atom stereocenters. The van der Waals surface area contributed by atoms with Crippen molar-refractivity contribution in [3.63, 3.8) is 0 Å². The van der Waals surface area contributed by atoms with Crippen molar-refractivity contribution in [2.45, 2.75) is 32.6 Å². The van der Waals surface area contributed by atoms with Gasteiger partial charge in [0.15, 0.2) is 5.78 Å². The minimum absolute atomic E-state index is 0.305. The van der Waals surface area contributed by atoms with Crippen LogP contribution in [-0.4, -0.2) is 5.78 Å². The van der Waals surface area contributed by atoms with Crippen molar-refractivity contribution in [2.75, 3.05) is 0 Å².